The zero-order valence-electron chi connectivity index (χ0n) is 46.1. The van der Waals surface area contributed by atoms with Crippen molar-refractivity contribution in [3.63, 3.8) is 0 Å². The number of aliphatic hydroxyl groups is 2. The lowest BCUT2D eigenvalue weighted by Gasteiger charge is -2.46. The van der Waals surface area contributed by atoms with Crippen molar-refractivity contribution >= 4 is 46.1 Å². The molecule has 0 radical (unpaired) electrons. The summed E-state index contributed by atoms with van der Waals surface area (Å²) in [4.78, 5) is 55.3. The molecule has 5 aromatic rings. The first-order valence-corrected chi connectivity index (χ1v) is 27.4. The van der Waals surface area contributed by atoms with Crippen molar-refractivity contribution in [2.45, 2.75) is 160 Å². The summed E-state index contributed by atoms with van der Waals surface area (Å²) in [6.07, 6.45) is 11.0. The van der Waals surface area contributed by atoms with Crippen molar-refractivity contribution < 1.29 is 33.9 Å². The summed E-state index contributed by atoms with van der Waals surface area (Å²) in [5, 5.41) is 21.3. The fourth-order valence-electron chi connectivity index (χ4n) is 11.3. The van der Waals surface area contributed by atoms with Crippen molar-refractivity contribution in [2.24, 2.45) is 0 Å². The molecule has 402 valence electrons. The molecule has 3 saturated heterocycles. The Hall–Kier alpha value is -5.70. The lowest BCUT2D eigenvalue weighted by Crippen LogP contribution is -2.49. The predicted octanol–water partition coefficient (Wildman–Crippen LogP) is 11.4. The van der Waals surface area contributed by atoms with E-state index in [-0.39, 0.29) is 57.3 Å². The number of halogens is 1. The number of carbonyl (C=O) groups excluding carboxylic acids is 3. The van der Waals surface area contributed by atoms with E-state index >= 15 is 0 Å². The van der Waals surface area contributed by atoms with Crippen LogP contribution in [0.2, 0.25) is 0 Å². The molecule has 3 fully saturated rings. The van der Waals surface area contributed by atoms with Crippen LogP contribution in [0.15, 0.2) is 155 Å². The van der Waals surface area contributed by atoms with E-state index in [1.54, 1.807) is 24.4 Å². The van der Waals surface area contributed by atoms with Crippen LogP contribution in [0.1, 0.15) is 149 Å². The second-order valence-corrected chi connectivity index (χ2v) is 24.5. The number of aromatic amines is 1. The number of hydrogen-bond acceptors (Lipinski definition) is 8. The number of amides is 2. The highest BCUT2D eigenvalue weighted by molar-refractivity contribution is 9.11. The number of aromatic nitrogens is 1. The first kappa shape index (κ1) is 58.0. The minimum Gasteiger partial charge on any atom is -0.399 e. The fraction of sp³-hybridized carbons (Fsp3) is 0.429. The van der Waals surface area contributed by atoms with Crippen LogP contribution in [0.4, 0.5) is 0 Å². The number of nitrogens with zero attached hydrogens (tertiary/aromatic N) is 2. The van der Waals surface area contributed by atoms with Gasteiger partial charge in [0.2, 0.25) is 17.4 Å². The third-order valence-electron chi connectivity index (χ3n) is 15.9. The van der Waals surface area contributed by atoms with Gasteiger partial charge in [0.05, 0.1) is 34.5 Å². The molecule has 1 aromatic heterocycles. The number of benzene rings is 4. The summed E-state index contributed by atoms with van der Waals surface area (Å²) in [5.74, 6) is 0.423. The summed E-state index contributed by atoms with van der Waals surface area (Å²) in [5.41, 5.74) is 4.07. The molecule has 11 nitrogen and oxygen atoms in total. The van der Waals surface area contributed by atoms with Crippen LogP contribution in [0.5, 0.6) is 0 Å². The highest BCUT2D eigenvalue weighted by Crippen LogP contribution is 2.46. The first-order valence-electron chi connectivity index (χ1n) is 26.6. The minimum absolute atomic E-state index is 0.0363. The van der Waals surface area contributed by atoms with Gasteiger partial charge in [-0.1, -0.05) is 131 Å². The maximum atomic E-state index is 13.5. The van der Waals surface area contributed by atoms with E-state index in [0.717, 1.165) is 56.2 Å². The van der Waals surface area contributed by atoms with Gasteiger partial charge in [-0.25, -0.2) is 0 Å². The van der Waals surface area contributed by atoms with E-state index < -0.39 is 18.3 Å². The molecular formula is C63H77BBrN3O8. The molecule has 76 heavy (non-hydrogen) atoms. The summed E-state index contributed by atoms with van der Waals surface area (Å²) in [6, 6.07) is 40.0. The number of piperidine rings is 2. The van der Waals surface area contributed by atoms with E-state index in [1.807, 2.05) is 116 Å². The Kier molecular flexibility index (Phi) is 17.9. The van der Waals surface area contributed by atoms with Crippen molar-refractivity contribution in [3.8, 4) is 11.1 Å². The van der Waals surface area contributed by atoms with Crippen LogP contribution < -0.4 is 11.0 Å². The minimum atomic E-state index is -0.860. The van der Waals surface area contributed by atoms with Gasteiger partial charge in [-0.2, -0.15) is 0 Å². The molecule has 4 aromatic carbocycles. The Morgan fingerprint density at radius 2 is 1.05 bits per heavy atom. The van der Waals surface area contributed by atoms with Crippen molar-refractivity contribution in [1.29, 1.82) is 0 Å². The highest BCUT2D eigenvalue weighted by Gasteiger charge is 2.52. The third-order valence-corrected chi connectivity index (χ3v) is 16.5. The second kappa shape index (κ2) is 23.5. The van der Waals surface area contributed by atoms with E-state index in [9.17, 15) is 29.4 Å². The van der Waals surface area contributed by atoms with Gasteiger partial charge in [0.15, 0.2) is 5.78 Å². The number of pyridine rings is 1. The molecule has 4 atom stereocenters. The molecule has 3 N–H and O–H groups in total. The van der Waals surface area contributed by atoms with Crippen LogP contribution in [-0.4, -0.2) is 85.2 Å². The van der Waals surface area contributed by atoms with Crippen LogP contribution in [0, 0.1) is 0 Å². The Balaban J connectivity index is 0.000000193. The molecular weight excluding hydrogens is 1020 g/mol. The number of hydrogen-bond donors (Lipinski definition) is 3. The number of carbonyl (C=O) groups is 3. The summed E-state index contributed by atoms with van der Waals surface area (Å²) >= 11 is 3.24. The average Bonchev–Trinajstić information content (AvgIpc) is 3.60. The second-order valence-electron chi connectivity index (χ2n) is 23.6. The molecule has 1 aliphatic carbocycles. The Morgan fingerprint density at radius 3 is 1.42 bits per heavy atom. The Bertz CT molecular complexity index is 2890. The van der Waals surface area contributed by atoms with E-state index in [0.29, 0.717) is 45.2 Å². The van der Waals surface area contributed by atoms with Gasteiger partial charge in [0.25, 0.3) is 0 Å². The zero-order valence-corrected chi connectivity index (χ0v) is 47.7. The molecule has 13 heteroatoms. The maximum Gasteiger partial charge on any atom is 0.494 e. The average molecular weight is 1100 g/mol. The number of H-pyrrole nitrogens is 1. The van der Waals surface area contributed by atoms with Gasteiger partial charge < -0.3 is 34.3 Å². The third kappa shape index (κ3) is 14.3. The molecule has 3 aliphatic heterocycles. The number of rotatable bonds is 12. The lowest BCUT2D eigenvalue weighted by molar-refractivity contribution is -0.140. The quantitative estimate of drug-likeness (QED) is 0.105. The van der Waals surface area contributed by atoms with Crippen LogP contribution in [0.25, 0.3) is 11.1 Å². The molecule has 9 rings (SSSR count). The van der Waals surface area contributed by atoms with Gasteiger partial charge in [0.1, 0.15) is 0 Å². The lowest BCUT2D eigenvalue weighted by atomic mass is 9.66. The molecule has 2 amide bonds. The standard InChI is InChI=1S/C29H40BNO4.C28H32N2O3.C6H5BrO/c1-21(22-13-15-24(16-14-22)30-34-27(4,5)28(6,7)35-30)31-18-17-29(19-25(31)32,20-26(2,3)33)23-11-9-8-10-12-23;1-20(21-9-11-22(12-10-21)23-13-14-25(31)29-18-23)30-16-15-28(17-26(30)32,19-27(2,3)33)24-7-5-4-6-8-24;7-5-1-3-6(8)4-2-5/h8-16,21,33H,17-20H2,1-7H3;4-14,18,20,33H,15-17,19H2,1-3H3,(H,29,31);1-3H,4H2/t21-,29-;20-,28-;/m00./s1. The Morgan fingerprint density at radius 1 is 0.618 bits per heavy atom. The molecule has 0 saturated carbocycles. The topological polar surface area (TPSA) is 149 Å². The van der Waals surface area contributed by atoms with Gasteiger partial charge in [-0.15, -0.1) is 0 Å². The molecule has 0 unspecified atom stereocenters. The summed E-state index contributed by atoms with van der Waals surface area (Å²) in [7, 11) is -0.394. The monoisotopic (exact) mass is 1090 g/mol. The van der Waals surface area contributed by atoms with E-state index in [2.05, 4.69) is 98.9 Å². The van der Waals surface area contributed by atoms with Crippen LogP contribution in [0.3, 0.4) is 0 Å². The largest absolute Gasteiger partial charge is 0.494 e. The summed E-state index contributed by atoms with van der Waals surface area (Å²) in [6.45, 7) is 21.0. The molecule has 0 spiro atoms. The van der Waals surface area contributed by atoms with Crippen LogP contribution in [-0.2, 0) is 34.5 Å². The number of allylic oxidation sites excluding steroid dienone is 4. The highest BCUT2D eigenvalue weighted by atomic mass is 79.9. The molecule has 4 heterocycles. The summed E-state index contributed by atoms with van der Waals surface area (Å²) < 4.78 is 13.4. The van der Waals surface area contributed by atoms with Gasteiger partial charge >= 0.3 is 7.12 Å². The normalized spacial score (nSPS) is 22.2. The fourth-order valence-corrected chi connectivity index (χ4v) is 11.6. The van der Waals surface area contributed by atoms with E-state index in [4.69, 9.17) is 9.31 Å². The van der Waals surface area contributed by atoms with Crippen molar-refractivity contribution in [3.05, 3.63) is 183 Å². The molecule has 4 aliphatic rings. The van der Waals surface area contributed by atoms with Crippen molar-refractivity contribution in [1.82, 2.24) is 14.8 Å². The van der Waals surface area contributed by atoms with E-state index in [1.165, 1.54) is 6.07 Å². The Labute approximate surface area is 459 Å². The smallest absolute Gasteiger partial charge is 0.399 e. The van der Waals surface area contributed by atoms with Crippen LogP contribution >= 0.6 is 15.9 Å². The number of ketones is 1. The maximum absolute atomic E-state index is 13.5. The van der Waals surface area contributed by atoms with Crippen molar-refractivity contribution in [2.75, 3.05) is 13.1 Å². The van der Waals surface area contributed by atoms with Gasteiger partial charge in [0, 0.05) is 59.9 Å². The number of nitrogens with one attached hydrogen (secondary N) is 1. The number of likely N-dealkylation sites (tertiary alicyclic amines) is 2. The molecule has 0 bridgehead atoms. The van der Waals surface area contributed by atoms with Gasteiger partial charge in [-0.05, 0) is 152 Å². The predicted molar refractivity (Wildman–Crippen MR) is 307 cm³/mol. The first-order chi connectivity index (χ1) is 35.7. The zero-order chi connectivity index (χ0) is 55.3. The SMILES string of the molecule is C[C@@H](c1ccc(-c2ccc(=O)[nH]c2)cc1)N1CC[C@](CC(C)(C)O)(c2ccccc2)CC1=O.C[C@@H](c1ccc(B2OC(C)(C)C(C)(C)O2)cc1)N1CC[C@](CC(C)(C)O)(c2ccccc2)CC1=O.O=C1C=CC(Br)=CC1. The van der Waals surface area contributed by atoms with Gasteiger partial charge in [-0.3, -0.25) is 19.2 Å².